The zero-order chi connectivity index (χ0) is 33.9. The van der Waals surface area contributed by atoms with E-state index in [0.717, 1.165) is 33.5 Å². The molecule has 1 aliphatic rings. The molecule has 0 spiro atoms. The number of carbonyl (C=O) groups excluding carboxylic acids is 1. The summed E-state index contributed by atoms with van der Waals surface area (Å²) in [5, 5.41) is 8.61. The van der Waals surface area contributed by atoms with E-state index in [1.807, 2.05) is 63.2 Å². The number of alkyl halides is 3. The van der Waals surface area contributed by atoms with Crippen LogP contribution in [0, 0.1) is 6.92 Å². The van der Waals surface area contributed by atoms with Gasteiger partial charge in [-0.1, -0.05) is 67.6 Å². The van der Waals surface area contributed by atoms with Crippen molar-refractivity contribution < 1.29 is 22.7 Å². The maximum Gasteiger partial charge on any atom is 0.573 e. The number of benzene rings is 3. The SMILES string of the molecule is C/C(=C/c1cccc(-c2ncn(-c3ccc(OC(F)(F)F)cc3)n2)c1)C(C)NC(=S)N=C1SCC(=O)N1c1cc(C)ccc1C(C)C. The second-order valence-electron chi connectivity index (χ2n) is 11.4. The molecule has 1 fully saturated rings. The largest absolute Gasteiger partial charge is 0.573 e. The summed E-state index contributed by atoms with van der Waals surface area (Å²) in [6, 6.07) is 19.0. The lowest BCUT2D eigenvalue weighted by molar-refractivity contribution is -0.274. The summed E-state index contributed by atoms with van der Waals surface area (Å²) in [7, 11) is 0. The van der Waals surface area contributed by atoms with Gasteiger partial charge in [0.1, 0.15) is 12.1 Å². The minimum atomic E-state index is -4.76. The monoisotopic (exact) mass is 678 g/mol. The Morgan fingerprint density at radius 3 is 2.55 bits per heavy atom. The Morgan fingerprint density at radius 1 is 1.11 bits per heavy atom. The minimum Gasteiger partial charge on any atom is -0.406 e. The number of nitrogens with one attached hydrogen (secondary N) is 1. The third kappa shape index (κ3) is 8.46. The summed E-state index contributed by atoms with van der Waals surface area (Å²) in [4.78, 5) is 23.7. The van der Waals surface area contributed by atoms with E-state index in [1.54, 1.807) is 4.90 Å². The Kier molecular flexibility index (Phi) is 10.2. The molecule has 1 N–H and O–H groups in total. The van der Waals surface area contributed by atoms with Gasteiger partial charge in [0.05, 0.1) is 17.1 Å². The molecule has 0 bridgehead atoms. The molecule has 0 radical (unpaired) electrons. The van der Waals surface area contributed by atoms with E-state index in [-0.39, 0.29) is 28.7 Å². The number of halogens is 3. The molecule has 1 unspecified atom stereocenters. The molecule has 244 valence electrons. The highest BCUT2D eigenvalue weighted by Crippen LogP contribution is 2.34. The maximum atomic E-state index is 12.9. The Bertz CT molecular complexity index is 1850. The van der Waals surface area contributed by atoms with Gasteiger partial charge in [0.2, 0.25) is 5.91 Å². The Hall–Kier alpha value is -4.49. The van der Waals surface area contributed by atoms with Crippen LogP contribution in [-0.4, -0.2) is 49.1 Å². The summed E-state index contributed by atoms with van der Waals surface area (Å²) in [5.41, 5.74) is 6.19. The lowest BCUT2D eigenvalue weighted by Gasteiger charge is -2.23. The molecule has 1 atom stereocenters. The number of amides is 1. The maximum absolute atomic E-state index is 12.9. The van der Waals surface area contributed by atoms with Gasteiger partial charge in [-0.3, -0.25) is 9.69 Å². The van der Waals surface area contributed by atoms with Gasteiger partial charge in [0.25, 0.3) is 0 Å². The first-order valence-corrected chi connectivity index (χ1v) is 16.2. The highest BCUT2D eigenvalue weighted by molar-refractivity contribution is 8.15. The molecule has 1 saturated heterocycles. The van der Waals surface area contributed by atoms with Gasteiger partial charge in [0.15, 0.2) is 16.1 Å². The molecular formula is C34H33F3N6O2S2. The number of aliphatic imine (C=N–C) groups is 1. The fraction of sp³-hybridized carbons (Fsp3) is 0.265. The number of aromatic nitrogens is 3. The highest BCUT2D eigenvalue weighted by atomic mass is 32.2. The second kappa shape index (κ2) is 14.1. The van der Waals surface area contributed by atoms with Crippen molar-refractivity contribution in [2.75, 3.05) is 10.7 Å². The standard InChI is InChI=1S/C34H33F3N6O2S2/c1-20(2)28-14-9-21(3)15-29(28)43-30(44)18-47-33(43)40-32(46)39-23(5)22(4)16-24-7-6-8-25(17-24)31-38-19-42(41-31)26-10-12-27(13-11-26)45-34(35,36)37/h6-17,19-20,23H,18H2,1-5H3,(H,39,46)/b22-16-,40-33?. The van der Waals surface area contributed by atoms with Gasteiger partial charge in [-0.2, -0.15) is 4.99 Å². The van der Waals surface area contributed by atoms with Crippen LogP contribution in [0.4, 0.5) is 18.9 Å². The molecule has 0 aliphatic carbocycles. The number of carbonyl (C=O) groups is 1. The number of ether oxygens (including phenoxy) is 1. The third-order valence-corrected chi connectivity index (χ3v) is 8.53. The first kappa shape index (κ1) is 33.9. The van der Waals surface area contributed by atoms with Crippen molar-refractivity contribution in [1.29, 1.82) is 0 Å². The predicted octanol–water partition coefficient (Wildman–Crippen LogP) is 8.07. The number of thioether (sulfide) groups is 1. The van der Waals surface area contributed by atoms with Crippen molar-refractivity contribution in [2.24, 2.45) is 4.99 Å². The van der Waals surface area contributed by atoms with E-state index in [0.29, 0.717) is 22.4 Å². The van der Waals surface area contributed by atoms with E-state index in [1.165, 1.54) is 47.0 Å². The zero-order valence-corrected chi connectivity index (χ0v) is 28.0. The van der Waals surface area contributed by atoms with Gasteiger partial charge in [-0.25, -0.2) is 9.67 Å². The smallest absolute Gasteiger partial charge is 0.406 e. The van der Waals surface area contributed by atoms with Crippen molar-refractivity contribution in [2.45, 2.75) is 52.9 Å². The first-order chi connectivity index (χ1) is 22.3. The second-order valence-corrected chi connectivity index (χ2v) is 12.7. The Morgan fingerprint density at radius 2 is 1.85 bits per heavy atom. The molecule has 3 aromatic carbocycles. The summed E-state index contributed by atoms with van der Waals surface area (Å²) >= 11 is 6.98. The highest BCUT2D eigenvalue weighted by Gasteiger charge is 2.32. The van der Waals surface area contributed by atoms with Crippen molar-refractivity contribution >= 4 is 51.9 Å². The van der Waals surface area contributed by atoms with E-state index < -0.39 is 6.36 Å². The van der Waals surface area contributed by atoms with Crippen LogP contribution in [0.25, 0.3) is 23.2 Å². The minimum absolute atomic E-state index is 0.0270. The molecule has 47 heavy (non-hydrogen) atoms. The number of anilines is 1. The van der Waals surface area contributed by atoms with E-state index >= 15 is 0 Å². The number of hydrogen-bond acceptors (Lipinski definition) is 6. The van der Waals surface area contributed by atoms with Gasteiger partial charge in [-0.15, -0.1) is 18.3 Å². The molecule has 1 aromatic heterocycles. The number of hydrogen-bond donors (Lipinski definition) is 1. The molecule has 1 amide bonds. The van der Waals surface area contributed by atoms with Crippen LogP contribution in [0.1, 0.15) is 50.3 Å². The molecule has 2 heterocycles. The quantitative estimate of drug-likeness (QED) is 0.189. The number of amidine groups is 1. The number of thiocarbonyl (C=S) groups is 1. The zero-order valence-electron chi connectivity index (χ0n) is 26.4. The van der Waals surface area contributed by atoms with Gasteiger partial charge in [-0.05, 0) is 92.0 Å². The fourth-order valence-corrected chi connectivity index (χ4v) is 6.10. The lowest BCUT2D eigenvalue weighted by Crippen LogP contribution is -2.35. The topological polar surface area (TPSA) is 84.6 Å². The third-order valence-electron chi connectivity index (χ3n) is 7.40. The van der Waals surface area contributed by atoms with Crippen molar-refractivity contribution in [3.05, 3.63) is 95.3 Å². The summed E-state index contributed by atoms with van der Waals surface area (Å²) in [5.74, 6) is 0.648. The van der Waals surface area contributed by atoms with Gasteiger partial charge in [0, 0.05) is 11.6 Å². The average molecular weight is 679 g/mol. The van der Waals surface area contributed by atoms with Crippen molar-refractivity contribution in [1.82, 2.24) is 20.1 Å². The Balaban J connectivity index is 1.27. The Labute approximate surface area is 280 Å². The average Bonchev–Trinajstić information content (AvgIpc) is 3.63. The number of rotatable bonds is 8. The molecular weight excluding hydrogens is 646 g/mol. The van der Waals surface area contributed by atoms with Crippen LogP contribution in [0.15, 0.2) is 83.6 Å². The summed E-state index contributed by atoms with van der Waals surface area (Å²) in [6.07, 6.45) is -1.24. The molecule has 1 aliphatic heterocycles. The van der Waals surface area contributed by atoms with Crippen LogP contribution < -0.4 is 15.0 Å². The molecule has 13 heteroatoms. The fourth-order valence-electron chi connectivity index (χ4n) is 4.91. The first-order valence-electron chi connectivity index (χ1n) is 14.8. The van der Waals surface area contributed by atoms with E-state index in [4.69, 9.17) is 12.2 Å². The summed E-state index contributed by atoms with van der Waals surface area (Å²) in [6.45, 7) is 10.2. The number of nitrogens with zero attached hydrogens (tertiary/aromatic N) is 5. The van der Waals surface area contributed by atoms with Crippen LogP contribution in [0.5, 0.6) is 5.75 Å². The lowest BCUT2D eigenvalue weighted by atomic mass is 9.99. The van der Waals surface area contributed by atoms with Gasteiger partial charge < -0.3 is 10.1 Å². The molecule has 8 nitrogen and oxygen atoms in total. The van der Waals surface area contributed by atoms with Gasteiger partial charge >= 0.3 is 6.36 Å². The molecule has 4 aromatic rings. The van der Waals surface area contributed by atoms with Crippen molar-refractivity contribution in [3.8, 4) is 22.8 Å². The van der Waals surface area contributed by atoms with Crippen LogP contribution >= 0.6 is 24.0 Å². The molecule has 5 rings (SSSR count). The normalized spacial score (nSPS) is 15.4. The summed E-state index contributed by atoms with van der Waals surface area (Å²) < 4.78 is 42.9. The number of aryl methyl sites for hydroxylation is 1. The van der Waals surface area contributed by atoms with Crippen LogP contribution in [0.3, 0.4) is 0 Å². The molecule has 0 saturated carbocycles. The van der Waals surface area contributed by atoms with E-state index in [9.17, 15) is 18.0 Å². The van der Waals surface area contributed by atoms with E-state index in [2.05, 4.69) is 45.0 Å². The van der Waals surface area contributed by atoms with Crippen LogP contribution in [0.2, 0.25) is 0 Å². The predicted molar refractivity (Wildman–Crippen MR) is 185 cm³/mol. The van der Waals surface area contributed by atoms with Crippen molar-refractivity contribution in [3.63, 3.8) is 0 Å². The van der Waals surface area contributed by atoms with Crippen LogP contribution in [-0.2, 0) is 4.79 Å².